The van der Waals surface area contributed by atoms with Crippen molar-refractivity contribution in [3.8, 4) is 0 Å². The fraction of sp³-hybridized carbons (Fsp3) is 0.714. The van der Waals surface area contributed by atoms with Crippen LogP contribution in [0, 0.1) is 5.92 Å². The van der Waals surface area contributed by atoms with Gasteiger partial charge in [-0.05, 0) is 18.4 Å². The quantitative estimate of drug-likeness (QED) is 0.559. The molecule has 8 heavy (non-hydrogen) atoms. The standard InChI is InChI=1S/C7H14O/c1-3-7(2)5-4-6-8/h4,6-8H,3,5H2,1-2H3. The molecule has 0 rings (SSSR count). The topological polar surface area (TPSA) is 20.2 Å². The van der Waals surface area contributed by atoms with Gasteiger partial charge in [-0.2, -0.15) is 0 Å². The highest BCUT2D eigenvalue weighted by Crippen LogP contribution is 2.05. The first-order chi connectivity index (χ1) is 3.81. The van der Waals surface area contributed by atoms with Gasteiger partial charge in [0.1, 0.15) is 0 Å². The van der Waals surface area contributed by atoms with E-state index in [1.165, 1.54) is 6.42 Å². The number of rotatable bonds is 3. The summed E-state index contributed by atoms with van der Waals surface area (Å²) >= 11 is 0. The van der Waals surface area contributed by atoms with E-state index in [0.29, 0.717) is 5.92 Å². The van der Waals surface area contributed by atoms with Crippen molar-refractivity contribution < 1.29 is 5.11 Å². The minimum atomic E-state index is 0.707. The molecule has 0 aliphatic carbocycles. The minimum Gasteiger partial charge on any atom is -0.516 e. The van der Waals surface area contributed by atoms with Crippen molar-refractivity contribution in [3.63, 3.8) is 0 Å². The van der Waals surface area contributed by atoms with Gasteiger partial charge >= 0.3 is 0 Å². The Kier molecular flexibility index (Phi) is 4.42. The summed E-state index contributed by atoms with van der Waals surface area (Å²) in [6.07, 6.45) is 5.08. The molecule has 0 aromatic rings. The highest BCUT2D eigenvalue weighted by atomic mass is 16.2. The number of aliphatic hydroxyl groups excluding tert-OH is 1. The molecule has 0 saturated heterocycles. The Morgan fingerprint density at radius 1 is 1.62 bits per heavy atom. The second-order valence-corrected chi connectivity index (χ2v) is 2.13. The van der Waals surface area contributed by atoms with Crippen LogP contribution in [0.5, 0.6) is 0 Å². The van der Waals surface area contributed by atoms with Crippen LogP contribution in [0.2, 0.25) is 0 Å². The van der Waals surface area contributed by atoms with E-state index >= 15 is 0 Å². The third kappa shape index (κ3) is 3.72. The number of hydrogen-bond donors (Lipinski definition) is 1. The van der Waals surface area contributed by atoms with Gasteiger partial charge in [0.05, 0.1) is 6.26 Å². The van der Waals surface area contributed by atoms with Crippen molar-refractivity contribution in [2.45, 2.75) is 26.7 Å². The predicted octanol–water partition coefficient (Wildman–Crippen LogP) is 2.49. The van der Waals surface area contributed by atoms with Gasteiger partial charge in [0.15, 0.2) is 0 Å². The number of hydrogen-bond acceptors (Lipinski definition) is 1. The van der Waals surface area contributed by atoms with Crippen LogP contribution in [-0.4, -0.2) is 5.11 Å². The zero-order chi connectivity index (χ0) is 6.41. The van der Waals surface area contributed by atoms with Crippen molar-refractivity contribution in [1.82, 2.24) is 0 Å². The van der Waals surface area contributed by atoms with E-state index in [1.54, 1.807) is 6.08 Å². The first kappa shape index (κ1) is 7.54. The average molecular weight is 114 g/mol. The smallest absolute Gasteiger partial charge is 0.0751 e. The first-order valence-electron chi connectivity index (χ1n) is 3.10. The van der Waals surface area contributed by atoms with Crippen LogP contribution >= 0.6 is 0 Å². The molecule has 48 valence electrons. The molecule has 0 heterocycles. The molecule has 1 unspecified atom stereocenters. The Morgan fingerprint density at radius 3 is 2.62 bits per heavy atom. The van der Waals surface area contributed by atoms with Gasteiger partial charge < -0.3 is 5.11 Å². The van der Waals surface area contributed by atoms with Gasteiger partial charge in [0, 0.05) is 0 Å². The lowest BCUT2D eigenvalue weighted by molar-refractivity contribution is 0.464. The SMILES string of the molecule is CCC(C)CC=CO. The van der Waals surface area contributed by atoms with Crippen molar-refractivity contribution in [2.24, 2.45) is 5.92 Å². The van der Waals surface area contributed by atoms with E-state index in [-0.39, 0.29) is 0 Å². The molecular formula is C7H14O. The summed E-state index contributed by atoms with van der Waals surface area (Å²) in [7, 11) is 0. The maximum atomic E-state index is 8.23. The van der Waals surface area contributed by atoms with Crippen molar-refractivity contribution in [2.75, 3.05) is 0 Å². The van der Waals surface area contributed by atoms with E-state index in [9.17, 15) is 0 Å². The zero-order valence-electron chi connectivity index (χ0n) is 5.59. The zero-order valence-corrected chi connectivity index (χ0v) is 5.59. The minimum absolute atomic E-state index is 0.707. The molecule has 0 amide bonds. The average Bonchev–Trinajstić information content (AvgIpc) is 1.83. The van der Waals surface area contributed by atoms with Crippen LogP contribution in [-0.2, 0) is 0 Å². The lowest BCUT2D eigenvalue weighted by atomic mass is 10.1. The third-order valence-electron chi connectivity index (χ3n) is 1.34. The molecule has 1 N–H and O–H groups in total. The van der Waals surface area contributed by atoms with E-state index in [0.717, 1.165) is 12.7 Å². The Hall–Kier alpha value is -0.460. The lowest BCUT2D eigenvalue weighted by Gasteiger charge is -2.00. The Labute approximate surface area is 51.0 Å². The van der Waals surface area contributed by atoms with Gasteiger partial charge in [0.2, 0.25) is 0 Å². The second-order valence-electron chi connectivity index (χ2n) is 2.13. The predicted molar refractivity (Wildman–Crippen MR) is 35.8 cm³/mol. The normalized spacial score (nSPS) is 14.8. The number of aliphatic hydroxyl groups is 1. The summed E-state index contributed by atoms with van der Waals surface area (Å²) in [4.78, 5) is 0. The third-order valence-corrected chi connectivity index (χ3v) is 1.34. The molecule has 1 nitrogen and oxygen atoms in total. The molecule has 0 aliphatic heterocycles. The monoisotopic (exact) mass is 114 g/mol. The maximum Gasteiger partial charge on any atom is 0.0751 e. The van der Waals surface area contributed by atoms with Crippen molar-refractivity contribution in [3.05, 3.63) is 12.3 Å². The summed E-state index contributed by atoms with van der Waals surface area (Å²) in [5.74, 6) is 0.707. The van der Waals surface area contributed by atoms with Gasteiger partial charge in [-0.25, -0.2) is 0 Å². The van der Waals surface area contributed by atoms with Gasteiger partial charge in [-0.15, -0.1) is 0 Å². The molecular weight excluding hydrogens is 100 g/mol. The fourth-order valence-corrected chi connectivity index (χ4v) is 0.460. The number of allylic oxidation sites excluding steroid dienone is 1. The van der Waals surface area contributed by atoms with Crippen molar-refractivity contribution in [1.29, 1.82) is 0 Å². The van der Waals surface area contributed by atoms with Crippen LogP contribution < -0.4 is 0 Å². The van der Waals surface area contributed by atoms with Crippen LogP contribution in [0.3, 0.4) is 0 Å². The van der Waals surface area contributed by atoms with Crippen LogP contribution in [0.15, 0.2) is 12.3 Å². The molecule has 1 heteroatoms. The molecule has 0 fully saturated rings. The largest absolute Gasteiger partial charge is 0.516 e. The summed E-state index contributed by atoms with van der Waals surface area (Å²) < 4.78 is 0. The molecule has 1 atom stereocenters. The molecule has 0 radical (unpaired) electrons. The summed E-state index contributed by atoms with van der Waals surface area (Å²) in [6, 6.07) is 0. The van der Waals surface area contributed by atoms with E-state index < -0.39 is 0 Å². The van der Waals surface area contributed by atoms with Crippen LogP contribution in [0.4, 0.5) is 0 Å². The molecule has 0 spiro atoms. The Bertz CT molecular complexity index is 66.8. The van der Waals surface area contributed by atoms with Crippen LogP contribution in [0.25, 0.3) is 0 Å². The summed E-state index contributed by atoms with van der Waals surface area (Å²) in [5.41, 5.74) is 0. The van der Waals surface area contributed by atoms with Crippen LogP contribution in [0.1, 0.15) is 26.7 Å². The Morgan fingerprint density at radius 2 is 2.25 bits per heavy atom. The molecule has 0 aromatic heterocycles. The molecule has 0 bridgehead atoms. The highest BCUT2D eigenvalue weighted by Gasteiger charge is 1.91. The highest BCUT2D eigenvalue weighted by molar-refractivity contribution is 4.73. The van der Waals surface area contributed by atoms with E-state index in [1.807, 2.05) is 0 Å². The molecule has 0 saturated carbocycles. The molecule has 0 aliphatic rings. The lowest BCUT2D eigenvalue weighted by Crippen LogP contribution is -1.87. The van der Waals surface area contributed by atoms with Crippen molar-refractivity contribution >= 4 is 0 Å². The molecule has 0 aromatic carbocycles. The van der Waals surface area contributed by atoms with Gasteiger partial charge in [-0.1, -0.05) is 20.3 Å². The van der Waals surface area contributed by atoms with E-state index in [4.69, 9.17) is 5.11 Å². The summed E-state index contributed by atoms with van der Waals surface area (Å²) in [5, 5.41) is 8.23. The summed E-state index contributed by atoms with van der Waals surface area (Å²) in [6.45, 7) is 4.32. The maximum absolute atomic E-state index is 8.23. The Balaban J connectivity index is 3.10. The van der Waals surface area contributed by atoms with E-state index in [2.05, 4.69) is 13.8 Å². The second kappa shape index (κ2) is 4.69. The van der Waals surface area contributed by atoms with Gasteiger partial charge in [-0.3, -0.25) is 0 Å². The van der Waals surface area contributed by atoms with Gasteiger partial charge in [0.25, 0.3) is 0 Å². The fourth-order valence-electron chi connectivity index (χ4n) is 0.460. The first-order valence-corrected chi connectivity index (χ1v) is 3.10.